The molecule has 84 valence electrons. The van der Waals surface area contributed by atoms with Gasteiger partial charge in [0.1, 0.15) is 0 Å². The van der Waals surface area contributed by atoms with Gasteiger partial charge < -0.3 is 10.1 Å². The summed E-state index contributed by atoms with van der Waals surface area (Å²) in [4.78, 5) is 1.30. The Kier molecular flexibility index (Phi) is 3.67. The number of nitrogens with one attached hydrogen (secondary N) is 1. The van der Waals surface area contributed by atoms with Crippen LogP contribution in [0.4, 0.5) is 0 Å². The lowest BCUT2D eigenvalue weighted by molar-refractivity contribution is 0.0447. The van der Waals surface area contributed by atoms with Crippen LogP contribution in [0.15, 0.2) is 12.1 Å². The standard InChI is InChI=1S/C11H16ClNOS/c1-11(4-6-14-7-5-11)13-8-9-2-3-10(12)15-9/h2-3,13H,4-8H2,1H3. The first-order valence-electron chi connectivity index (χ1n) is 5.25. The molecule has 1 saturated heterocycles. The molecular formula is C11H16ClNOS. The van der Waals surface area contributed by atoms with Gasteiger partial charge in [0.2, 0.25) is 0 Å². The van der Waals surface area contributed by atoms with Crippen LogP contribution in [-0.4, -0.2) is 18.8 Å². The molecule has 0 radical (unpaired) electrons. The van der Waals surface area contributed by atoms with E-state index < -0.39 is 0 Å². The summed E-state index contributed by atoms with van der Waals surface area (Å²) in [5.41, 5.74) is 0.231. The van der Waals surface area contributed by atoms with Crippen LogP contribution in [0.1, 0.15) is 24.6 Å². The second-order valence-corrected chi connectivity index (χ2v) is 6.03. The first-order valence-corrected chi connectivity index (χ1v) is 6.44. The van der Waals surface area contributed by atoms with Gasteiger partial charge in [-0.25, -0.2) is 0 Å². The summed E-state index contributed by atoms with van der Waals surface area (Å²) in [5, 5.41) is 3.60. The molecular weight excluding hydrogens is 230 g/mol. The summed E-state index contributed by atoms with van der Waals surface area (Å²) in [6, 6.07) is 4.04. The zero-order chi connectivity index (χ0) is 10.7. The van der Waals surface area contributed by atoms with Crippen molar-refractivity contribution in [2.45, 2.75) is 31.8 Å². The van der Waals surface area contributed by atoms with Crippen LogP contribution in [0.3, 0.4) is 0 Å². The zero-order valence-electron chi connectivity index (χ0n) is 8.88. The fourth-order valence-electron chi connectivity index (χ4n) is 1.75. The maximum atomic E-state index is 5.89. The minimum Gasteiger partial charge on any atom is -0.381 e. The van der Waals surface area contributed by atoms with Gasteiger partial charge in [-0.05, 0) is 31.9 Å². The lowest BCUT2D eigenvalue weighted by Gasteiger charge is -2.34. The van der Waals surface area contributed by atoms with Gasteiger partial charge in [-0.2, -0.15) is 0 Å². The van der Waals surface area contributed by atoms with E-state index in [0.717, 1.165) is 36.9 Å². The quantitative estimate of drug-likeness (QED) is 0.884. The molecule has 2 rings (SSSR count). The molecule has 1 aromatic rings. The minimum absolute atomic E-state index is 0.231. The van der Waals surface area contributed by atoms with Gasteiger partial charge in [0, 0.05) is 30.2 Å². The number of ether oxygens (including phenoxy) is 1. The van der Waals surface area contributed by atoms with Gasteiger partial charge in [-0.1, -0.05) is 11.6 Å². The molecule has 0 aromatic carbocycles. The molecule has 0 bridgehead atoms. The second-order valence-electron chi connectivity index (χ2n) is 4.23. The van der Waals surface area contributed by atoms with Crippen LogP contribution < -0.4 is 5.32 Å². The Morgan fingerprint density at radius 3 is 2.80 bits per heavy atom. The maximum absolute atomic E-state index is 5.89. The average molecular weight is 246 g/mol. The Morgan fingerprint density at radius 2 is 2.20 bits per heavy atom. The average Bonchev–Trinajstić information content (AvgIpc) is 2.63. The summed E-state index contributed by atoms with van der Waals surface area (Å²) >= 11 is 7.53. The minimum atomic E-state index is 0.231. The second kappa shape index (κ2) is 4.83. The normalized spacial score (nSPS) is 20.4. The topological polar surface area (TPSA) is 21.3 Å². The van der Waals surface area contributed by atoms with Crippen LogP contribution >= 0.6 is 22.9 Å². The predicted molar refractivity (Wildman–Crippen MR) is 64.6 cm³/mol. The van der Waals surface area contributed by atoms with Crippen molar-refractivity contribution in [2.75, 3.05) is 13.2 Å². The van der Waals surface area contributed by atoms with E-state index in [1.165, 1.54) is 4.88 Å². The van der Waals surface area contributed by atoms with Crippen molar-refractivity contribution in [3.8, 4) is 0 Å². The van der Waals surface area contributed by atoms with Crippen molar-refractivity contribution in [1.29, 1.82) is 0 Å². The third-order valence-corrected chi connectivity index (χ3v) is 4.15. The Labute approximate surface area is 99.6 Å². The van der Waals surface area contributed by atoms with E-state index in [1.54, 1.807) is 11.3 Å². The molecule has 4 heteroatoms. The smallest absolute Gasteiger partial charge is 0.0931 e. The Bertz CT molecular complexity index is 320. The monoisotopic (exact) mass is 245 g/mol. The van der Waals surface area contributed by atoms with E-state index in [0.29, 0.717) is 0 Å². The van der Waals surface area contributed by atoms with E-state index in [-0.39, 0.29) is 5.54 Å². The summed E-state index contributed by atoms with van der Waals surface area (Å²) < 4.78 is 6.23. The van der Waals surface area contributed by atoms with E-state index in [1.807, 2.05) is 6.07 Å². The summed E-state index contributed by atoms with van der Waals surface area (Å²) in [6.07, 6.45) is 2.18. The van der Waals surface area contributed by atoms with Crippen LogP contribution in [0, 0.1) is 0 Å². The molecule has 0 atom stereocenters. The van der Waals surface area contributed by atoms with Crippen molar-refractivity contribution in [1.82, 2.24) is 5.32 Å². The number of halogens is 1. The van der Waals surface area contributed by atoms with Crippen LogP contribution in [0.25, 0.3) is 0 Å². The molecule has 1 aromatic heterocycles. The molecule has 0 saturated carbocycles. The first kappa shape index (κ1) is 11.4. The summed E-state index contributed by atoms with van der Waals surface area (Å²) in [5.74, 6) is 0. The SMILES string of the molecule is CC1(NCc2ccc(Cl)s2)CCOCC1. The lowest BCUT2D eigenvalue weighted by Crippen LogP contribution is -2.46. The van der Waals surface area contributed by atoms with Crippen LogP contribution in [0.5, 0.6) is 0 Å². The highest BCUT2D eigenvalue weighted by Gasteiger charge is 2.26. The molecule has 1 fully saturated rings. The molecule has 0 amide bonds. The Hall–Kier alpha value is -0.0900. The number of rotatable bonds is 3. The van der Waals surface area contributed by atoms with Crippen molar-refractivity contribution in [3.63, 3.8) is 0 Å². The van der Waals surface area contributed by atoms with Crippen LogP contribution in [-0.2, 0) is 11.3 Å². The van der Waals surface area contributed by atoms with Gasteiger partial charge in [0.15, 0.2) is 0 Å². The highest BCUT2D eigenvalue weighted by molar-refractivity contribution is 7.16. The van der Waals surface area contributed by atoms with Crippen molar-refractivity contribution < 1.29 is 4.74 Å². The number of hydrogen-bond acceptors (Lipinski definition) is 3. The van der Waals surface area contributed by atoms with E-state index in [9.17, 15) is 0 Å². The van der Waals surface area contributed by atoms with Crippen molar-refractivity contribution >= 4 is 22.9 Å². The largest absolute Gasteiger partial charge is 0.381 e. The first-order chi connectivity index (χ1) is 7.18. The van der Waals surface area contributed by atoms with Crippen molar-refractivity contribution in [3.05, 3.63) is 21.3 Å². The van der Waals surface area contributed by atoms with Gasteiger partial charge >= 0.3 is 0 Å². The maximum Gasteiger partial charge on any atom is 0.0931 e. The molecule has 2 nitrogen and oxygen atoms in total. The highest BCUT2D eigenvalue weighted by Crippen LogP contribution is 2.24. The fourth-order valence-corrected chi connectivity index (χ4v) is 2.77. The molecule has 1 aliphatic heterocycles. The highest BCUT2D eigenvalue weighted by atomic mass is 35.5. The molecule has 2 heterocycles. The summed E-state index contributed by atoms with van der Waals surface area (Å²) in [6.45, 7) is 4.92. The summed E-state index contributed by atoms with van der Waals surface area (Å²) in [7, 11) is 0. The fraction of sp³-hybridized carbons (Fsp3) is 0.636. The van der Waals surface area contributed by atoms with E-state index >= 15 is 0 Å². The van der Waals surface area contributed by atoms with Gasteiger partial charge in [-0.15, -0.1) is 11.3 Å². The number of thiophene rings is 1. The Morgan fingerprint density at radius 1 is 1.47 bits per heavy atom. The van der Waals surface area contributed by atoms with Gasteiger partial charge in [-0.3, -0.25) is 0 Å². The number of hydrogen-bond donors (Lipinski definition) is 1. The predicted octanol–water partition coefficient (Wildman–Crippen LogP) is 3.06. The van der Waals surface area contributed by atoms with Crippen LogP contribution in [0.2, 0.25) is 4.34 Å². The lowest BCUT2D eigenvalue weighted by atomic mass is 9.92. The van der Waals surface area contributed by atoms with Crippen molar-refractivity contribution in [2.24, 2.45) is 0 Å². The third kappa shape index (κ3) is 3.18. The molecule has 0 spiro atoms. The molecule has 1 N–H and O–H groups in total. The van der Waals surface area contributed by atoms with Gasteiger partial charge in [0.25, 0.3) is 0 Å². The zero-order valence-corrected chi connectivity index (χ0v) is 10.5. The van der Waals surface area contributed by atoms with E-state index in [4.69, 9.17) is 16.3 Å². The molecule has 0 aliphatic carbocycles. The van der Waals surface area contributed by atoms with E-state index in [2.05, 4.69) is 18.3 Å². The molecule has 1 aliphatic rings. The Balaban J connectivity index is 1.86. The van der Waals surface area contributed by atoms with Gasteiger partial charge in [0.05, 0.1) is 4.34 Å². The third-order valence-electron chi connectivity index (χ3n) is 2.91. The molecule has 15 heavy (non-hydrogen) atoms. The molecule has 0 unspecified atom stereocenters.